The Morgan fingerprint density at radius 1 is 1.17 bits per heavy atom. The van der Waals surface area contributed by atoms with Gasteiger partial charge in [-0.1, -0.05) is 48.9 Å². The van der Waals surface area contributed by atoms with E-state index < -0.39 is 11.6 Å². The number of hydrogen-bond donors (Lipinski definition) is 3. The van der Waals surface area contributed by atoms with Crippen molar-refractivity contribution in [2.24, 2.45) is 23.4 Å². The molecule has 2 fully saturated rings. The number of piperidine rings is 1. The van der Waals surface area contributed by atoms with Gasteiger partial charge < -0.3 is 20.8 Å². The highest BCUT2D eigenvalue weighted by molar-refractivity contribution is 5.67. The summed E-state index contributed by atoms with van der Waals surface area (Å²) in [6.45, 7) is 2.70. The molecule has 1 saturated carbocycles. The zero-order chi connectivity index (χ0) is 25.5. The highest BCUT2D eigenvalue weighted by Gasteiger charge is 2.54. The summed E-state index contributed by atoms with van der Waals surface area (Å²) in [7, 11) is 1.37. The number of amides is 1. The Hall–Kier alpha value is -3.10. The molecule has 2 aromatic rings. The molecule has 0 bridgehead atoms. The van der Waals surface area contributed by atoms with Gasteiger partial charge in [0.05, 0.1) is 12.6 Å². The molecule has 194 valence electrons. The first kappa shape index (κ1) is 26.0. The fraction of sp³-hybridized carbons (Fsp3) is 0.464. The van der Waals surface area contributed by atoms with Crippen molar-refractivity contribution in [3.05, 3.63) is 83.9 Å². The van der Waals surface area contributed by atoms with Crippen LogP contribution in [0.3, 0.4) is 0 Å². The predicted octanol–water partition coefficient (Wildman–Crippen LogP) is 4.06. The molecular weight excluding hydrogens is 457 g/mol. The van der Waals surface area contributed by atoms with Gasteiger partial charge in [0.25, 0.3) is 0 Å². The number of ether oxygens (including phenoxy) is 1. The zero-order valence-corrected chi connectivity index (χ0v) is 21.0. The van der Waals surface area contributed by atoms with E-state index in [0.29, 0.717) is 0 Å². The van der Waals surface area contributed by atoms with E-state index in [1.807, 2.05) is 12.1 Å². The number of carbonyl (C=O) groups is 1. The number of likely N-dealkylation sites (tertiary alicyclic amines) is 1. The van der Waals surface area contributed by atoms with Crippen LogP contribution in [0.2, 0.25) is 0 Å². The summed E-state index contributed by atoms with van der Waals surface area (Å²) in [4.78, 5) is 14.7. The van der Waals surface area contributed by atoms with Crippen LogP contribution >= 0.6 is 0 Å². The number of hydrazine groups is 1. The van der Waals surface area contributed by atoms with Gasteiger partial charge in [-0.25, -0.2) is 15.0 Å². The van der Waals surface area contributed by atoms with Crippen LogP contribution in [0.15, 0.2) is 67.0 Å². The molecule has 7 nitrogen and oxygen atoms in total. The summed E-state index contributed by atoms with van der Waals surface area (Å²) in [5.74, 6) is 6.59. The molecule has 1 saturated heterocycles. The van der Waals surface area contributed by atoms with Crippen LogP contribution < -0.4 is 16.9 Å². The molecule has 2 aliphatic rings. The molecular formula is C28H38FN5O2. The van der Waals surface area contributed by atoms with Gasteiger partial charge in [0.2, 0.25) is 0 Å². The van der Waals surface area contributed by atoms with Crippen molar-refractivity contribution in [1.82, 2.24) is 15.2 Å². The molecule has 8 heteroatoms. The number of hydrogen-bond acceptors (Lipinski definition) is 6. The van der Waals surface area contributed by atoms with E-state index in [9.17, 15) is 9.18 Å². The molecule has 1 heterocycles. The molecule has 36 heavy (non-hydrogen) atoms. The summed E-state index contributed by atoms with van der Waals surface area (Å²) >= 11 is 0. The SMILES string of the molecule is COC(=O)NC1CCCC1C(c1cccc(F)c1)(C1CCN(Cc2ccccc2)CC1)N(N)/C=C\N. The van der Waals surface area contributed by atoms with Gasteiger partial charge in [-0.2, -0.15) is 0 Å². The van der Waals surface area contributed by atoms with E-state index >= 15 is 0 Å². The lowest BCUT2D eigenvalue weighted by Crippen LogP contribution is -2.62. The predicted molar refractivity (Wildman–Crippen MR) is 139 cm³/mol. The first-order valence-electron chi connectivity index (χ1n) is 12.8. The maximum absolute atomic E-state index is 14.7. The lowest BCUT2D eigenvalue weighted by molar-refractivity contribution is -0.0290. The van der Waals surface area contributed by atoms with Crippen LogP contribution in [-0.2, 0) is 16.8 Å². The van der Waals surface area contributed by atoms with Crippen molar-refractivity contribution in [1.29, 1.82) is 0 Å². The number of alkyl carbamates (subject to hydrolysis) is 1. The summed E-state index contributed by atoms with van der Waals surface area (Å²) in [6.07, 6.45) is 7.00. The Labute approximate surface area is 213 Å². The molecule has 5 N–H and O–H groups in total. The average molecular weight is 496 g/mol. The topological polar surface area (TPSA) is 96.8 Å². The van der Waals surface area contributed by atoms with Crippen molar-refractivity contribution >= 4 is 6.09 Å². The number of nitrogens with zero attached hydrogens (tertiary/aromatic N) is 2. The molecule has 2 aromatic carbocycles. The summed E-state index contributed by atoms with van der Waals surface area (Å²) in [5.41, 5.74) is 7.18. The minimum atomic E-state index is -0.751. The maximum Gasteiger partial charge on any atom is 0.407 e. The largest absolute Gasteiger partial charge is 0.453 e. The van der Waals surface area contributed by atoms with Crippen molar-refractivity contribution in [3.8, 4) is 0 Å². The zero-order valence-electron chi connectivity index (χ0n) is 21.0. The van der Waals surface area contributed by atoms with E-state index in [4.69, 9.17) is 16.3 Å². The van der Waals surface area contributed by atoms with E-state index in [2.05, 4.69) is 34.5 Å². The summed E-state index contributed by atoms with van der Waals surface area (Å²) in [5, 5.41) is 4.72. The molecule has 0 spiro atoms. The summed E-state index contributed by atoms with van der Waals surface area (Å²) < 4.78 is 19.6. The van der Waals surface area contributed by atoms with Gasteiger partial charge in [0.15, 0.2) is 0 Å². The molecule has 0 aromatic heterocycles. The van der Waals surface area contributed by atoms with Crippen molar-refractivity contribution in [2.45, 2.75) is 50.2 Å². The van der Waals surface area contributed by atoms with Crippen LogP contribution in [-0.4, -0.2) is 42.2 Å². The number of halogens is 1. The third-order valence-corrected chi connectivity index (χ3v) is 7.99. The van der Waals surface area contributed by atoms with Gasteiger partial charge in [-0.15, -0.1) is 0 Å². The van der Waals surface area contributed by atoms with Crippen molar-refractivity contribution in [2.75, 3.05) is 20.2 Å². The number of nitrogens with two attached hydrogens (primary N) is 2. The Balaban J connectivity index is 1.71. The third-order valence-electron chi connectivity index (χ3n) is 7.99. The number of nitrogens with one attached hydrogen (secondary N) is 1. The standard InChI is InChI=1S/C28H38FN5O2/c1-36-27(35)32-26-12-6-11-25(26)28(34(31)18-15-30,23-9-5-10-24(29)19-23)22-13-16-33(17-14-22)20-21-7-3-2-4-8-21/h2-5,7-10,15,18-19,22,25-26H,6,11-14,16-17,20,30-31H2,1H3,(H,32,35)/b18-15-. The fourth-order valence-corrected chi connectivity index (χ4v) is 6.50. The van der Waals surface area contributed by atoms with Crippen molar-refractivity contribution < 1.29 is 13.9 Å². The molecule has 3 unspecified atom stereocenters. The van der Waals surface area contributed by atoms with Gasteiger partial charge in [-0.05, 0) is 68.0 Å². The first-order valence-corrected chi connectivity index (χ1v) is 12.8. The average Bonchev–Trinajstić information content (AvgIpc) is 3.34. The van der Waals surface area contributed by atoms with E-state index in [1.165, 1.54) is 24.9 Å². The highest BCUT2D eigenvalue weighted by atomic mass is 19.1. The van der Waals surface area contributed by atoms with Crippen LogP contribution in [0, 0.1) is 17.7 Å². The van der Waals surface area contributed by atoms with Gasteiger partial charge in [-0.3, -0.25) is 4.90 Å². The Kier molecular flexibility index (Phi) is 8.48. The van der Waals surface area contributed by atoms with Gasteiger partial charge >= 0.3 is 6.09 Å². The second-order valence-corrected chi connectivity index (χ2v) is 9.90. The van der Waals surface area contributed by atoms with E-state index in [0.717, 1.165) is 57.3 Å². The molecule has 1 amide bonds. The van der Waals surface area contributed by atoms with Crippen LogP contribution in [0.4, 0.5) is 9.18 Å². The Bertz CT molecular complexity index is 1030. The highest BCUT2D eigenvalue weighted by Crippen LogP contribution is 2.51. The minimum absolute atomic E-state index is 0.0507. The van der Waals surface area contributed by atoms with E-state index in [-0.39, 0.29) is 23.7 Å². The quantitative estimate of drug-likeness (QED) is 0.378. The Morgan fingerprint density at radius 3 is 2.58 bits per heavy atom. The normalized spacial score (nSPS) is 22.9. The fourth-order valence-electron chi connectivity index (χ4n) is 6.50. The third kappa shape index (κ3) is 5.34. The molecule has 1 aliphatic heterocycles. The van der Waals surface area contributed by atoms with Gasteiger partial charge in [0, 0.05) is 30.9 Å². The lowest BCUT2D eigenvalue weighted by Gasteiger charge is -2.54. The molecule has 3 atom stereocenters. The molecule has 1 aliphatic carbocycles. The second kappa shape index (κ2) is 11.8. The monoisotopic (exact) mass is 495 g/mol. The van der Waals surface area contributed by atoms with E-state index in [1.54, 1.807) is 23.3 Å². The number of methoxy groups -OCH3 is 1. The van der Waals surface area contributed by atoms with Crippen LogP contribution in [0.5, 0.6) is 0 Å². The number of rotatable bonds is 8. The second-order valence-electron chi connectivity index (χ2n) is 9.90. The lowest BCUT2D eigenvalue weighted by atomic mass is 9.64. The molecule has 4 rings (SSSR count). The van der Waals surface area contributed by atoms with Gasteiger partial charge in [0.1, 0.15) is 5.82 Å². The smallest absolute Gasteiger partial charge is 0.407 e. The number of carbonyl (C=O) groups excluding carboxylic acids is 1. The van der Waals surface area contributed by atoms with Crippen LogP contribution in [0.1, 0.15) is 43.2 Å². The molecule has 0 radical (unpaired) electrons. The number of benzene rings is 2. The van der Waals surface area contributed by atoms with Crippen LogP contribution in [0.25, 0.3) is 0 Å². The van der Waals surface area contributed by atoms with Crippen molar-refractivity contribution in [3.63, 3.8) is 0 Å². The minimum Gasteiger partial charge on any atom is -0.453 e. The summed E-state index contributed by atoms with van der Waals surface area (Å²) in [6, 6.07) is 17.1. The first-order chi connectivity index (χ1) is 17.5. The maximum atomic E-state index is 14.7. The Morgan fingerprint density at radius 2 is 1.92 bits per heavy atom.